The predicted octanol–water partition coefficient (Wildman–Crippen LogP) is 1.65. The molecule has 1 aromatic rings. The molecule has 1 saturated carbocycles. The Bertz CT molecular complexity index is 332. The molecule has 82 valence electrons. The van der Waals surface area contributed by atoms with Crippen LogP contribution in [0.15, 0.2) is 12.4 Å². The number of fused-ring (bicyclic) bond motifs is 1. The number of likely N-dealkylation sites (tertiary alicyclic amines) is 1. The van der Waals surface area contributed by atoms with Gasteiger partial charge in [-0.2, -0.15) is 5.10 Å². The molecule has 0 N–H and O–H groups in total. The summed E-state index contributed by atoms with van der Waals surface area (Å²) in [5, 5.41) is 4.22. The largest absolute Gasteiger partial charge is 0.298 e. The normalized spacial score (nSPS) is 31.0. The molecular weight excluding hydrogens is 186 g/mol. The van der Waals surface area contributed by atoms with E-state index in [1.54, 1.807) is 0 Å². The molecule has 3 nitrogen and oxygen atoms in total. The lowest BCUT2D eigenvalue weighted by Gasteiger charge is -2.15. The third-order valence-corrected chi connectivity index (χ3v) is 3.97. The van der Waals surface area contributed by atoms with Crippen LogP contribution in [0.5, 0.6) is 0 Å². The van der Waals surface area contributed by atoms with Gasteiger partial charge < -0.3 is 0 Å². The fourth-order valence-corrected chi connectivity index (χ4v) is 3.27. The summed E-state index contributed by atoms with van der Waals surface area (Å²) in [7, 11) is 1.99. The monoisotopic (exact) mass is 205 g/mol. The Morgan fingerprint density at radius 2 is 2.07 bits per heavy atom. The molecule has 0 unspecified atom stereocenters. The second-order valence-electron chi connectivity index (χ2n) is 5.17. The predicted molar refractivity (Wildman–Crippen MR) is 59.3 cm³/mol. The van der Waals surface area contributed by atoms with Gasteiger partial charge in [0.2, 0.25) is 0 Å². The number of hydrogen-bond acceptors (Lipinski definition) is 2. The maximum Gasteiger partial charge on any atom is 0.0534 e. The minimum atomic E-state index is 1.00. The highest BCUT2D eigenvalue weighted by Gasteiger charge is 2.35. The summed E-state index contributed by atoms with van der Waals surface area (Å²) in [5.74, 6) is 2.00. The van der Waals surface area contributed by atoms with Crippen molar-refractivity contribution in [2.45, 2.75) is 25.8 Å². The zero-order chi connectivity index (χ0) is 10.3. The Morgan fingerprint density at radius 3 is 2.67 bits per heavy atom. The quantitative estimate of drug-likeness (QED) is 0.732. The lowest BCUT2D eigenvalue weighted by molar-refractivity contribution is 0.303. The second kappa shape index (κ2) is 3.63. The van der Waals surface area contributed by atoms with Gasteiger partial charge in [0.25, 0.3) is 0 Å². The van der Waals surface area contributed by atoms with Gasteiger partial charge in [-0.3, -0.25) is 9.58 Å². The van der Waals surface area contributed by atoms with Crippen LogP contribution in [0.1, 0.15) is 24.8 Å². The molecule has 2 aliphatic rings. The lowest BCUT2D eigenvalue weighted by atomic mass is 10.0. The van der Waals surface area contributed by atoms with Crippen molar-refractivity contribution in [3.05, 3.63) is 18.0 Å². The molecule has 1 aliphatic carbocycles. The van der Waals surface area contributed by atoms with Crippen LogP contribution in [0.4, 0.5) is 0 Å². The Hall–Kier alpha value is -0.830. The van der Waals surface area contributed by atoms with Crippen LogP contribution in [-0.2, 0) is 13.6 Å². The first-order chi connectivity index (χ1) is 7.31. The van der Waals surface area contributed by atoms with Crippen LogP contribution < -0.4 is 0 Å². The average molecular weight is 205 g/mol. The van der Waals surface area contributed by atoms with E-state index < -0.39 is 0 Å². The molecule has 0 aromatic carbocycles. The van der Waals surface area contributed by atoms with Crippen molar-refractivity contribution in [1.29, 1.82) is 0 Å². The molecule has 0 bridgehead atoms. The summed E-state index contributed by atoms with van der Waals surface area (Å²) in [6.45, 7) is 3.74. The number of hydrogen-bond donors (Lipinski definition) is 0. The Morgan fingerprint density at radius 1 is 1.33 bits per heavy atom. The van der Waals surface area contributed by atoms with E-state index in [2.05, 4.69) is 16.2 Å². The molecule has 0 radical (unpaired) electrons. The van der Waals surface area contributed by atoms with Gasteiger partial charge in [0.05, 0.1) is 6.20 Å². The standard InChI is InChI=1S/C12H19N3/c1-14-6-10(5-13-14)7-15-8-11-3-2-4-12(11)9-15/h5-6,11-12H,2-4,7-9H2,1H3/t11-,12+. The summed E-state index contributed by atoms with van der Waals surface area (Å²) < 4.78 is 1.90. The highest BCUT2D eigenvalue weighted by molar-refractivity contribution is 5.04. The van der Waals surface area contributed by atoms with Crippen molar-refractivity contribution in [3.8, 4) is 0 Å². The SMILES string of the molecule is Cn1cc(CN2C[C@H]3CCC[C@H]3C2)cn1. The first-order valence-electron chi connectivity index (χ1n) is 6.01. The summed E-state index contributed by atoms with van der Waals surface area (Å²) in [6.07, 6.45) is 8.53. The molecule has 1 aromatic heterocycles. The molecule has 15 heavy (non-hydrogen) atoms. The van der Waals surface area contributed by atoms with E-state index in [0.717, 1.165) is 18.4 Å². The Kier molecular flexibility index (Phi) is 2.28. The molecule has 3 heteroatoms. The van der Waals surface area contributed by atoms with Crippen molar-refractivity contribution in [2.75, 3.05) is 13.1 Å². The summed E-state index contributed by atoms with van der Waals surface area (Å²) in [4.78, 5) is 2.60. The summed E-state index contributed by atoms with van der Waals surface area (Å²) >= 11 is 0. The van der Waals surface area contributed by atoms with Crippen molar-refractivity contribution < 1.29 is 0 Å². The van der Waals surface area contributed by atoms with E-state index in [4.69, 9.17) is 0 Å². The van der Waals surface area contributed by atoms with Crippen molar-refractivity contribution in [1.82, 2.24) is 14.7 Å². The lowest BCUT2D eigenvalue weighted by Crippen LogP contribution is -2.20. The molecule has 0 amide bonds. The van der Waals surface area contributed by atoms with E-state index >= 15 is 0 Å². The molecule has 1 saturated heterocycles. The van der Waals surface area contributed by atoms with Crippen molar-refractivity contribution >= 4 is 0 Å². The number of rotatable bonds is 2. The fourth-order valence-electron chi connectivity index (χ4n) is 3.27. The maximum atomic E-state index is 4.22. The van der Waals surface area contributed by atoms with Gasteiger partial charge in [0.15, 0.2) is 0 Å². The zero-order valence-corrected chi connectivity index (χ0v) is 9.39. The maximum absolute atomic E-state index is 4.22. The first-order valence-corrected chi connectivity index (χ1v) is 6.01. The van der Waals surface area contributed by atoms with Gasteiger partial charge in [0, 0.05) is 38.4 Å². The molecule has 2 fully saturated rings. The third kappa shape index (κ3) is 1.81. The number of aryl methyl sites for hydroxylation is 1. The van der Waals surface area contributed by atoms with Gasteiger partial charge in [-0.05, 0) is 24.7 Å². The van der Waals surface area contributed by atoms with Crippen LogP contribution in [-0.4, -0.2) is 27.8 Å². The van der Waals surface area contributed by atoms with Gasteiger partial charge in [-0.15, -0.1) is 0 Å². The van der Waals surface area contributed by atoms with Crippen LogP contribution in [0, 0.1) is 11.8 Å². The van der Waals surface area contributed by atoms with E-state index in [1.807, 2.05) is 17.9 Å². The minimum absolute atomic E-state index is 1.00. The van der Waals surface area contributed by atoms with E-state index in [-0.39, 0.29) is 0 Å². The molecule has 2 heterocycles. The molecule has 1 aliphatic heterocycles. The minimum Gasteiger partial charge on any atom is -0.298 e. The van der Waals surface area contributed by atoms with Crippen LogP contribution in [0.25, 0.3) is 0 Å². The van der Waals surface area contributed by atoms with E-state index in [9.17, 15) is 0 Å². The Labute approximate surface area is 91.1 Å². The van der Waals surface area contributed by atoms with E-state index in [1.165, 1.54) is 37.9 Å². The van der Waals surface area contributed by atoms with Crippen molar-refractivity contribution in [2.24, 2.45) is 18.9 Å². The molecular formula is C12H19N3. The molecule has 3 rings (SSSR count). The van der Waals surface area contributed by atoms with Gasteiger partial charge >= 0.3 is 0 Å². The average Bonchev–Trinajstić information content (AvgIpc) is 2.81. The third-order valence-electron chi connectivity index (χ3n) is 3.97. The smallest absolute Gasteiger partial charge is 0.0534 e. The fraction of sp³-hybridized carbons (Fsp3) is 0.750. The first kappa shape index (κ1) is 9.40. The van der Waals surface area contributed by atoms with Crippen LogP contribution in [0.2, 0.25) is 0 Å². The Balaban J connectivity index is 1.61. The van der Waals surface area contributed by atoms with E-state index in [0.29, 0.717) is 0 Å². The zero-order valence-electron chi connectivity index (χ0n) is 9.39. The second-order valence-corrected chi connectivity index (χ2v) is 5.17. The number of aromatic nitrogens is 2. The highest BCUT2D eigenvalue weighted by atomic mass is 15.2. The number of nitrogens with zero attached hydrogens (tertiary/aromatic N) is 3. The van der Waals surface area contributed by atoms with Crippen molar-refractivity contribution in [3.63, 3.8) is 0 Å². The summed E-state index contributed by atoms with van der Waals surface area (Å²) in [5.41, 5.74) is 1.36. The van der Waals surface area contributed by atoms with Gasteiger partial charge in [-0.1, -0.05) is 6.42 Å². The topological polar surface area (TPSA) is 21.1 Å². The van der Waals surface area contributed by atoms with Crippen LogP contribution in [0.3, 0.4) is 0 Å². The summed E-state index contributed by atoms with van der Waals surface area (Å²) in [6, 6.07) is 0. The molecule has 2 atom stereocenters. The van der Waals surface area contributed by atoms with Crippen LogP contribution >= 0.6 is 0 Å². The molecule has 0 spiro atoms. The van der Waals surface area contributed by atoms with Gasteiger partial charge in [-0.25, -0.2) is 0 Å². The highest BCUT2D eigenvalue weighted by Crippen LogP contribution is 2.38. The van der Waals surface area contributed by atoms with Gasteiger partial charge in [0.1, 0.15) is 0 Å².